The van der Waals surface area contributed by atoms with Crippen LogP contribution in [0.5, 0.6) is 0 Å². The fourth-order valence-corrected chi connectivity index (χ4v) is 2.43. The van der Waals surface area contributed by atoms with E-state index in [2.05, 4.69) is 9.97 Å². The summed E-state index contributed by atoms with van der Waals surface area (Å²) in [7, 11) is 1.39. The Morgan fingerprint density at radius 2 is 1.96 bits per heavy atom. The predicted molar refractivity (Wildman–Crippen MR) is 91.5 cm³/mol. The quantitative estimate of drug-likeness (QED) is 0.707. The minimum atomic E-state index is -4.81. The van der Waals surface area contributed by atoms with Crippen molar-refractivity contribution >= 4 is 11.6 Å². The van der Waals surface area contributed by atoms with Crippen LogP contribution in [-0.2, 0) is 15.7 Å². The van der Waals surface area contributed by atoms with E-state index in [4.69, 9.17) is 4.74 Å². The number of carbonyl (C=O) groups is 1. The third-order valence-corrected chi connectivity index (χ3v) is 3.71. The van der Waals surface area contributed by atoms with Gasteiger partial charge in [-0.1, -0.05) is 13.8 Å². The Kier molecular flexibility index (Phi) is 6.48. The summed E-state index contributed by atoms with van der Waals surface area (Å²) in [6, 6.07) is 3.50. The van der Waals surface area contributed by atoms with Crippen molar-refractivity contribution in [1.82, 2.24) is 9.97 Å². The van der Waals surface area contributed by atoms with Gasteiger partial charge in [0.15, 0.2) is 5.69 Å². The molecule has 0 aliphatic carbocycles. The van der Waals surface area contributed by atoms with Gasteiger partial charge in [-0.25, -0.2) is 9.37 Å². The second-order valence-electron chi connectivity index (χ2n) is 6.09. The molecule has 0 aliphatic heterocycles. The second kappa shape index (κ2) is 8.43. The molecule has 9 heteroatoms. The van der Waals surface area contributed by atoms with Crippen LogP contribution in [0.25, 0.3) is 11.3 Å². The first-order chi connectivity index (χ1) is 12.6. The average molecular weight is 385 g/mol. The highest BCUT2D eigenvalue weighted by molar-refractivity contribution is 5.95. The summed E-state index contributed by atoms with van der Waals surface area (Å²) in [5.41, 5.74) is -1.59. The molecule has 0 N–H and O–H groups in total. The van der Waals surface area contributed by atoms with Gasteiger partial charge in [-0.3, -0.25) is 9.78 Å². The van der Waals surface area contributed by atoms with Gasteiger partial charge in [0.1, 0.15) is 5.82 Å². The number of rotatable bonds is 6. The number of anilines is 1. The van der Waals surface area contributed by atoms with E-state index in [1.54, 1.807) is 13.8 Å². The third kappa shape index (κ3) is 5.00. The van der Waals surface area contributed by atoms with Gasteiger partial charge in [-0.05, 0) is 18.2 Å². The molecule has 2 aromatic heterocycles. The minimum absolute atomic E-state index is 0.0564. The highest BCUT2D eigenvalue weighted by atomic mass is 19.4. The van der Waals surface area contributed by atoms with Gasteiger partial charge >= 0.3 is 6.18 Å². The van der Waals surface area contributed by atoms with Crippen molar-refractivity contribution in [2.24, 2.45) is 5.92 Å². The van der Waals surface area contributed by atoms with E-state index in [1.165, 1.54) is 19.4 Å². The summed E-state index contributed by atoms with van der Waals surface area (Å²) in [5, 5.41) is 0. The van der Waals surface area contributed by atoms with Crippen molar-refractivity contribution in [2.75, 3.05) is 25.2 Å². The maximum Gasteiger partial charge on any atom is 0.435 e. The number of aromatic nitrogens is 2. The molecule has 0 aliphatic rings. The molecular formula is C18H19F4N3O2. The van der Waals surface area contributed by atoms with Crippen molar-refractivity contribution in [3.63, 3.8) is 0 Å². The SMILES string of the molecule is COCCN(C(=O)C(C)C)c1ccc(-c2cncc(F)c2)nc1C(F)(F)F. The molecule has 2 heterocycles. The van der Waals surface area contributed by atoms with Crippen LogP contribution in [0.1, 0.15) is 19.5 Å². The summed E-state index contributed by atoms with van der Waals surface area (Å²) in [5.74, 6) is -1.70. The molecule has 0 saturated heterocycles. The van der Waals surface area contributed by atoms with Crippen LogP contribution in [0.15, 0.2) is 30.6 Å². The molecule has 0 atom stereocenters. The topological polar surface area (TPSA) is 55.3 Å². The van der Waals surface area contributed by atoms with Gasteiger partial charge in [-0.2, -0.15) is 13.2 Å². The first kappa shape index (κ1) is 20.8. The fraction of sp³-hybridized carbons (Fsp3) is 0.389. The van der Waals surface area contributed by atoms with Gasteiger partial charge in [0.25, 0.3) is 0 Å². The first-order valence-electron chi connectivity index (χ1n) is 8.14. The molecule has 5 nitrogen and oxygen atoms in total. The number of nitrogens with zero attached hydrogens (tertiary/aromatic N) is 3. The number of pyridine rings is 2. The molecule has 27 heavy (non-hydrogen) atoms. The number of ether oxygens (including phenoxy) is 1. The smallest absolute Gasteiger partial charge is 0.383 e. The summed E-state index contributed by atoms with van der Waals surface area (Å²) < 4.78 is 59.2. The van der Waals surface area contributed by atoms with Crippen LogP contribution in [0, 0.1) is 11.7 Å². The van der Waals surface area contributed by atoms with E-state index in [0.29, 0.717) is 0 Å². The Hall–Kier alpha value is -2.55. The van der Waals surface area contributed by atoms with E-state index < -0.39 is 29.5 Å². The number of hydrogen-bond acceptors (Lipinski definition) is 4. The van der Waals surface area contributed by atoms with Gasteiger partial charge in [0.2, 0.25) is 5.91 Å². The van der Waals surface area contributed by atoms with Crippen LogP contribution >= 0.6 is 0 Å². The molecule has 0 aromatic carbocycles. The van der Waals surface area contributed by atoms with Crippen LogP contribution in [-0.4, -0.2) is 36.1 Å². The molecule has 0 radical (unpaired) electrons. The molecular weight excluding hydrogens is 366 g/mol. The van der Waals surface area contributed by atoms with E-state index in [1.807, 2.05) is 0 Å². The zero-order chi connectivity index (χ0) is 20.2. The molecule has 146 valence electrons. The van der Waals surface area contributed by atoms with Gasteiger partial charge in [0.05, 0.1) is 24.2 Å². The lowest BCUT2D eigenvalue weighted by Gasteiger charge is -2.27. The van der Waals surface area contributed by atoms with Crippen LogP contribution in [0.4, 0.5) is 23.2 Å². The van der Waals surface area contributed by atoms with Gasteiger partial charge in [0, 0.05) is 31.3 Å². The molecule has 0 fully saturated rings. The number of hydrogen-bond donors (Lipinski definition) is 0. The lowest BCUT2D eigenvalue weighted by atomic mass is 10.1. The molecule has 0 unspecified atom stereocenters. The monoisotopic (exact) mass is 385 g/mol. The number of amides is 1. The Labute approximate surface area is 154 Å². The lowest BCUT2D eigenvalue weighted by Crippen LogP contribution is -2.38. The lowest BCUT2D eigenvalue weighted by molar-refractivity contribution is -0.140. The van der Waals surface area contributed by atoms with E-state index >= 15 is 0 Å². The second-order valence-corrected chi connectivity index (χ2v) is 6.09. The average Bonchev–Trinajstić information content (AvgIpc) is 2.61. The Balaban J connectivity index is 2.59. The Morgan fingerprint density at radius 3 is 2.52 bits per heavy atom. The number of carbonyl (C=O) groups excluding carboxylic acids is 1. The number of halogens is 4. The Morgan fingerprint density at radius 1 is 1.26 bits per heavy atom. The maximum atomic E-state index is 13.6. The molecule has 0 bridgehead atoms. The summed E-state index contributed by atoms with van der Waals surface area (Å²) >= 11 is 0. The normalized spacial score (nSPS) is 11.7. The third-order valence-electron chi connectivity index (χ3n) is 3.71. The maximum absolute atomic E-state index is 13.6. The van der Waals surface area contributed by atoms with Gasteiger partial charge in [-0.15, -0.1) is 0 Å². The molecule has 2 rings (SSSR count). The Bertz CT molecular complexity index is 809. The summed E-state index contributed by atoms with van der Waals surface area (Å²) in [6.07, 6.45) is -2.65. The number of alkyl halides is 3. The fourth-order valence-electron chi connectivity index (χ4n) is 2.43. The standard InChI is InChI=1S/C18H19F4N3O2/c1-11(2)17(26)25(6-7-27-3)15-5-4-14(24-16(15)18(20,21)22)12-8-13(19)10-23-9-12/h4-5,8-11H,6-7H2,1-3H3. The first-order valence-corrected chi connectivity index (χ1v) is 8.14. The highest BCUT2D eigenvalue weighted by Crippen LogP contribution is 2.37. The highest BCUT2D eigenvalue weighted by Gasteiger charge is 2.38. The van der Waals surface area contributed by atoms with E-state index in [9.17, 15) is 22.4 Å². The molecule has 0 spiro atoms. The van der Waals surface area contributed by atoms with Crippen LogP contribution < -0.4 is 4.90 Å². The summed E-state index contributed by atoms with van der Waals surface area (Å²) in [4.78, 5) is 20.7. The van der Waals surface area contributed by atoms with E-state index in [-0.39, 0.29) is 30.1 Å². The molecule has 1 amide bonds. The van der Waals surface area contributed by atoms with Crippen molar-refractivity contribution < 1.29 is 27.1 Å². The van der Waals surface area contributed by atoms with Crippen LogP contribution in [0.2, 0.25) is 0 Å². The van der Waals surface area contributed by atoms with E-state index in [0.717, 1.165) is 23.2 Å². The zero-order valence-corrected chi connectivity index (χ0v) is 15.0. The van der Waals surface area contributed by atoms with Crippen molar-refractivity contribution in [1.29, 1.82) is 0 Å². The van der Waals surface area contributed by atoms with Crippen molar-refractivity contribution in [3.05, 3.63) is 42.1 Å². The molecule has 0 saturated carbocycles. The predicted octanol–water partition coefficient (Wildman–Crippen LogP) is 3.94. The largest absolute Gasteiger partial charge is 0.435 e. The molecule has 2 aromatic rings. The van der Waals surface area contributed by atoms with Crippen molar-refractivity contribution in [2.45, 2.75) is 20.0 Å². The van der Waals surface area contributed by atoms with Crippen LogP contribution in [0.3, 0.4) is 0 Å². The summed E-state index contributed by atoms with van der Waals surface area (Å²) in [6.45, 7) is 3.19. The zero-order valence-electron chi connectivity index (χ0n) is 15.0. The van der Waals surface area contributed by atoms with Crippen molar-refractivity contribution in [3.8, 4) is 11.3 Å². The number of methoxy groups -OCH3 is 1. The van der Waals surface area contributed by atoms with Gasteiger partial charge < -0.3 is 9.64 Å². The minimum Gasteiger partial charge on any atom is -0.383 e.